The highest BCUT2D eigenvalue weighted by Gasteiger charge is 2.45. The second-order valence-electron chi connectivity index (χ2n) is 2.42. The molecule has 0 unspecified atom stereocenters. The van der Waals surface area contributed by atoms with Gasteiger partial charge in [0.2, 0.25) is 0 Å². The number of hydrogen-bond donors (Lipinski definition) is 0. The Bertz CT molecular complexity index is 281. The van der Waals surface area contributed by atoms with Gasteiger partial charge >= 0.3 is 11.9 Å². The second-order valence-corrected chi connectivity index (χ2v) is 2.42. The van der Waals surface area contributed by atoms with Crippen LogP contribution in [0.4, 0.5) is 13.2 Å². The van der Waals surface area contributed by atoms with Crippen molar-refractivity contribution in [2.45, 2.75) is 20.0 Å². The molecule has 0 atom stereocenters. The van der Waals surface area contributed by atoms with Gasteiger partial charge < -0.3 is 0 Å². The van der Waals surface area contributed by atoms with E-state index in [2.05, 4.69) is 17.1 Å². The first-order valence-corrected chi connectivity index (χ1v) is 3.26. The highest BCUT2D eigenvalue weighted by molar-refractivity contribution is 5.89. The van der Waals surface area contributed by atoms with Gasteiger partial charge in [0.1, 0.15) is 0 Å². The van der Waals surface area contributed by atoms with Crippen LogP contribution in [-0.4, -0.2) is 11.9 Å². The molecule has 0 saturated heterocycles. The quantitative estimate of drug-likeness (QED) is 0.530. The maximum absolute atomic E-state index is 12.1. The van der Waals surface area contributed by atoms with Gasteiger partial charge in [0, 0.05) is 18.6 Å². The fraction of sp³-hybridized carbons (Fsp3) is 0.375. The first-order chi connectivity index (χ1) is 5.41. The average molecular weight is 173 g/mol. The molecule has 1 rings (SSSR count). The van der Waals surface area contributed by atoms with Crippen molar-refractivity contribution in [1.29, 1.82) is 0 Å². The van der Waals surface area contributed by atoms with Crippen LogP contribution >= 0.6 is 0 Å². The molecule has 1 aliphatic heterocycles. The van der Waals surface area contributed by atoms with Crippen molar-refractivity contribution in [3.63, 3.8) is 0 Å². The molecule has 0 amide bonds. The van der Waals surface area contributed by atoms with Crippen molar-refractivity contribution in [2.75, 3.05) is 0 Å². The monoisotopic (exact) mass is 173 g/mol. The zero-order chi connectivity index (χ0) is 9.35. The molecule has 12 heavy (non-hydrogen) atoms. The molecule has 0 bridgehead atoms. The van der Waals surface area contributed by atoms with Crippen LogP contribution in [-0.2, 0) is 0 Å². The third-order valence-corrected chi connectivity index (χ3v) is 1.33. The van der Waals surface area contributed by atoms with Gasteiger partial charge in [-0.3, -0.25) is 0 Å². The zero-order valence-corrected chi connectivity index (χ0v) is 6.58. The van der Waals surface area contributed by atoms with E-state index in [1.807, 2.05) is 0 Å². The summed E-state index contributed by atoms with van der Waals surface area (Å²) in [6, 6.07) is 0. The summed E-state index contributed by atoms with van der Waals surface area (Å²) in [4.78, 5) is 3.33. The van der Waals surface area contributed by atoms with Crippen LogP contribution < -0.4 is 4.99 Å². The number of alkyl halides is 3. The molecule has 0 aromatic carbocycles. The minimum Gasteiger partial charge on any atom is -0.161 e. The molecule has 0 aromatic heterocycles. The Morgan fingerprint density at radius 1 is 1.17 bits per heavy atom. The highest BCUT2D eigenvalue weighted by Crippen LogP contribution is 2.27. The van der Waals surface area contributed by atoms with Crippen molar-refractivity contribution in [2.24, 2.45) is 0 Å². The topological polar surface area (TPSA) is 14.1 Å². The number of rotatable bonds is 0. The van der Waals surface area contributed by atoms with E-state index in [1.165, 1.54) is 13.8 Å². The van der Waals surface area contributed by atoms with Crippen LogP contribution in [0.15, 0.2) is 11.3 Å². The summed E-state index contributed by atoms with van der Waals surface area (Å²) in [5.41, 5.74) is -0.695. The Hall–Kier alpha value is -1.06. The lowest BCUT2D eigenvalue weighted by Gasteiger charge is -2.01. The standard InChI is InChI=1S/C8H6F3N/c1-5-3-4-6(2)12-7(5)8(9,10)11/h1-2H3/q+1. The Morgan fingerprint density at radius 3 is 2.17 bits per heavy atom. The number of allylic oxidation sites excluding steroid dienone is 4. The highest BCUT2D eigenvalue weighted by atomic mass is 19.4. The summed E-state index contributed by atoms with van der Waals surface area (Å²) in [5, 5.41) is 0. The molecule has 0 aromatic rings. The van der Waals surface area contributed by atoms with E-state index in [0.29, 0.717) is 0 Å². The fourth-order valence-corrected chi connectivity index (χ4v) is 0.799. The molecule has 63 valence electrons. The fourth-order valence-electron chi connectivity index (χ4n) is 0.799. The van der Waals surface area contributed by atoms with Gasteiger partial charge in [-0.1, -0.05) is 0 Å². The summed E-state index contributed by atoms with van der Waals surface area (Å²) < 4.78 is 36.4. The SMILES string of the molecule is CC1=[N+]C(C(F)(F)F)=C(C)[C]=[C]1. The molecule has 4 heteroatoms. The van der Waals surface area contributed by atoms with E-state index in [-0.39, 0.29) is 11.3 Å². The van der Waals surface area contributed by atoms with Crippen molar-refractivity contribution >= 4 is 5.71 Å². The molecular formula is C8H6F3N+. The molecule has 0 spiro atoms. The molecule has 0 N–H and O–H groups in total. The largest absolute Gasteiger partial charge is 0.484 e. The number of nitrogens with zero attached hydrogens (tertiary/aromatic N) is 1. The van der Waals surface area contributed by atoms with Crippen molar-refractivity contribution in [1.82, 2.24) is 4.99 Å². The summed E-state index contributed by atoms with van der Waals surface area (Å²) in [6.45, 7) is 2.76. The van der Waals surface area contributed by atoms with Gasteiger partial charge in [-0.2, -0.15) is 13.2 Å². The lowest BCUT2D eigenvalue weighted by molar-refractivity contribution is -0.0951. The summed E-state index contributed by atoms with van der Waals surface area (Å²) in [7, 11) is 0. The Morgan fingerprint density at radius 2 is 1.75 bits per heavy atom. The molecule has 1 heterocycles. The van der Waals surface area contributed by atoms with Gasteiger partial charge in [0.15, 0.2) is 0 Å². The first kappa shape index (κ1) is 9.03. The maximum Gasteiger partial charge on any atom is 0.484 e. The predicted molar refractivity (Wildman–Crippen MR) is 38.1 cm³/mol. The van der Waals surface area contributed by atoms with E-state index in [4.69, 9.17) is 0 Å². The van der Waals surface area contributed by atoms with E-state index in [0.717, 1.165) is 0 Å². The number of aliphatic imine (C=N–C) groups is 1. The van der Waals surface area contributed by atoms with Crippen molar-refractivity contribution in [3.8, 4) is 0 Å². The van der Waals surface area contributed by atoms with Gasteiger partial charge in [0.05, 0.1) is 11.1 Å². The third-order valence-electron chi connectivity index (χ3n) is 1.33. The van der Waals surface area contributed by atoms with Gasteiger partial charge in [-0.15, -0.1) is 0 Å². The smallest absolute Gasteiger partial charge is 0.161 e. The van der Waals surface area contributed by atoms with Crippen LogP contribution in [0.1, 0.15) is 13.8 Å². The van der Waals surface area contributed by atoms with E-state index >= 15 is 0 Å². The van der Waals surface area contributed by atoms with E-state index < -0.39 is 11.9 Å². The van der Waals surface area contributed by atoms with Gasteiger partial charge in [-0.25, -0.2) is 0 Å². The van der Waals surface area contributed by atoms with Crippen LogP contribution in [0.3, 0.4) is 0 Å². The maximum atomic E-state index is 12.1. The predicted octanol–water partition coefficient (Wildman–Crippen LogP) is 1.80. The Labute approximate surface area is 68.3 Å². The average Bonchev–Trinajstić information content (AvgIpc) is 1.92. The van der Waals surface area contributed by atoms with E-state index in [1.54, 1.807) is 0 Å². The molecule has 0 saturated carbocycles. The van der Waals surface area contributed by atoms with Gasteiger partial charge in [0.25, 0.3) is 5.71 Å². The lowest BCUT2D eigenvalue weighted by atomic mass is 10.1. The Balaban J connectivity index is 3.13. The van der Waals surface area contributed by atoms with E-state index in [9.17, 15) is 13.2 Å². The number of hydrogen-bond acceptors (Lipinski definition) is 1. The first-order valence-electron chi connectivity index (χ1n) is 3.26. The summed E-state index contributed by atoms with van der Waals surface area (Å²) >= 11 is 0. The molecular weight excluding hydrogens is 167 g/mol. The molecule has 1 aliphatic rings. The lowest BCUT2D eigenvalue weighted by Crippen LogP contribution is -2.22. The van der Waals surface area contributed by atoms with Crippen LogP contribution in [0.5, 0.6) is 0 Å². The normalized spacial score (nSPS) is 18.2. The molecule has 0 fully saturated rings. The van der Waals surface area contributed by atoms with Crippen LogP contribution in [0, 0.1) is 12.2 Å². The Kier molecular flexibility index (Phi) is 2.08. The van der Waals surface area contributed by atoms with Crippen molar-refractivity contribution in [3.05, 3.63) is 23.4 Å². The zero-order valence-electron chi connectivity index (χ0n) is 6.58. The summed E-state index contributed by atoms with van der Waals surface area (Å²) in [5.74, 6) is 0. The number of halogens is 3. The van der Waals surface area contributed by atoms with Crippen LogP contribution in [0.25, 0.3) is 0 Å². The van der Waals surface area contributed by atoms with Crippen molar-refractivity contribution < 1.29 is 13.2 Å². The second kappa shape index (κ2) is 2.77. The minimum atomic E-state index is -4.39. The van der Waals surface area contributed by atoms with Gasteiger partial charge in [-0.05, 0) is 6.92 Å². The summed E-state index contributed by atoms with van der Waals surface area (Å²) in [6.07, 6.45) is 0.455. The molecule has 0 aliphatic carbocycles. The van der Waals surface area contributed by atoms with Crippen LogP contribution in [0.2, 0.25) is 0 Å². The third kappa shape index (κ3) is 1.75. The minimum absolute atomic E-state index is 0.0203. The molecule has 3 radical (unpaired) electrons. The molecule has 1 nitrogen and oxygen atoms in total.